The van der Waals surface area contributed by atoms with Crippen LogP contribution in [0.4, 0.5) is 0 Å². The highest BCUT2D eigenvalue weighted by Gasteiger charge is 2.28. The van der Waals surface area contributed by atoms with Crippen LogP contribution in [0.3, 0.4) is 0 Å². The predicted octanol–water partition coefficient (Wildman–Crippen LogP) is 3.36. The largest absolute Gasteiger partial charge is 0.496 e. The standard InChI is InChI=1S/C14H20BrNO/c1-11-3-6-14(17-2)12(9-11)10-16(8-7-15)13-4-5-13/h3,6,9,13H,4-5,7-8,10H2,1-2H3. The molecule has 0 amide bonds. The van der Waals surface area contributed by atoms with Gasteiger partial charge in [-0.15, -0.1) is 0 Å². The van der Waals surface area contributed by atoms with Crippen molar-refractivity contribution in [2.75, 3.05) is 19.0 Å². The number of hydrogen-bond acceptors (Lipinski definition) is 2. The van der Waals surface area contributed by atoms with Crippen molar-refractivity contribution in [1.82, 2.24) is 4.90 Å². The molecule has 0 spiro atoms. The third-order valence-corrected chi connectivity index (χ3v) is 3.60. The number of methoxy groups -OCH3 is 1. The minimum absolute atomic E-state index is 0.790. The molecule has 2 nitrogen and oxygen atoms in total. The number of rotatable bonds is 6. The van der Waals surface area contributed by atoms with Crippen LogP contribution in [-0.4, -0.2) is 29.9 Å². The molecule has 0 saturated heterocycles. The third kappa shape index (κ3) is 3.46. The molecule has 0 aromatic heterocycles. The van der Waals surface area contributed by atoms with Gasteiger partial charge in [-0.05, 0) is 25.8 Å². The van der Waals surface area contributed by atoms with Crippen molar-refractivity contribution in [2.45, 2.75) is 32.4 Å². The van der Waals surface area contributed by atoms with Gasteiger partial charge in [-0.3, -0.25) is 4.90 Å². The second-order valence-electron chi connectivity index (χ2n) is 4.71. The molecule has 0 atom stereocenters. The Balaban J connectivity index is 2.11. The molecule has 0 bridgehead atoms. The van der Waals surface area contributed by atoms with Crippen LogP contribution in [0.1, 0.15) is 24.0 Å². The summed E-state index contributed by atoms with van der Waals surface area (Å²) in [5.41, 5.74) is 2.61. The van der Waals surface area contributed by atoms with E-state index in [2.05, 4.69) is 46.0 Å². The lowest BCUT2D eigenvalue weighted by Gasteiger charge is -2.22. The maximum atomic E-state index is 5.44. The molecular formula is C14H20BrNO. The van der Waals surface area contributed by atoms with Crippen LogP contribution in [-0.2, 0) is 6.54 Å². The van der Waals surface area contributed by atoms with Gasteiger partial charge in [0, 0.05) is 30.0 Å². The minimum atomic E-state index is 0.790. The number of hydrogen-bond donors (Lipinski definition) is 0. The molecule has 3 heteroatoms. The quantitative estimate of drug-likeness (QED) is 0.747. The van der Waals surface area contributed by atoms with Crippen molar-refractivity contribution >= 4 is 15.9 Å². The van der Waals surface area contributed by atoms with Gasteiger partial charge in [-0.2, -0.15) is 0 Å². The van der Waals surface area contributed by atoms with Gasteiger partial charge in [0.15, 0.2) is 0 Å². The van der Waals surface area contributed by atoms with Crippen LogP contribution in [0.15, 0.2) is 18.2 Å². The van der Waals surface area contributed by atoms with E-state index in [4.69, 9.17) is 4.74 Å². The summed E-state index contributed by atoms with van der Waals surface area (Å²) in [6.07, 6.45) is 2.70. The number of aryl methyl sites for hydroxylation is 1. The van der Waals surface area contributed by atoms with Gasteiger partial charge in [0.1, 0.15) is 5.75 Å². The first-order chi connectivity index (χ1) is 8.24. The fourth-order valence-electron chi connectivity index (χ4n) is 2.19. The van der Waals surface area contributed by atoms with Crippen LogP contribution in [0, 0.1) is 6.92 Å². The van der Waals surface area contributed by atoms with Crippen molar-refractivity contribution in [2.24, 2.45) is 0 Å². The van der Waals surface area contributed by atoms with Gasteiger partial charge in [-0.1, -0.05) is 33.6 Å². The minimum Gasteiger partial charge on any atom is -0.496 e. The Morgan fingerprint density at radius 1 is 1.41 bits per heavy atom. The van der Waals surface area contributed by atoms with E-state index in [0.29, 0.717) is 0 Å². The molecule has 1 fully saturated rings. The molecule has 0 aliphatic heterocycles. The maximum Gasteiger partial charge on any atom is 0.123 e. The first-order valence-electron chi connectivity index (χ1n) is 6.18. The van der Waals surface area contributed by atoms with Crippen molar-refractivity contribution in [3.05, 3.63) is 29.3 Å². The van der Waals surface area contributed by atoms with E-state index in [0.717, 1.165) is 30.2 Å². The van der Waals surface area contributed by atoms with E-state index in [1.54, 1.807) is 7.11 Å². The summed E-state index contributed by atoms with van der Waals surface area (Å²) in [5.74, 6) is 1.01. The van der Waals surface area contributed by atoms with Crippen LogP contribution in [0.25, 0.3) is 0 Å². The Labute approximate surface area is 112 Å². The molecule has 1 saturated carbocycles. The van der Waals surface area contributed by atoms with Crippen molar-refractivity contribution in [3.63, 3.8) is 0 Å². The SMILES string of the molecule is COc1ccc(C)cc1CN(CCBr)C1CC1. The molecule has 1 aromatic rings. The van der Waals surface area contributed by atoms with Crippen molar-refractivity contribution in [1.29, 1.82) is 0 Å². The summed E-state index contributed by atoms with van der Waals surface area (Å²) in [5, 5.41) is 1.04. The van der Waals surface area contributed by atoms with Crippen LogP contribution >= 0.6 is 15.9 Å². The topological polar surface area (TPSA) is 12.5 Å². The number of benzene rings is 1. The molecule has 94 valence electrons. The molecule has 1 aliphatic carbocycles. The lowest BCUT2D eigenvalue weighted by Crippen LogP contribution is -2.27. The average molecular weight is 298 g/mol. The molecule has 1 aliphatic rings. The summed E-state index contributed by atoms with van der Waals surface area (Å²) in [4.78, 5) is 2.55. The third-order valence-electron chi connectivity index (χ3n) is 3.24. The second kappa shape index (κ2) is 5.87. The monoisotopic (exact) mass is 297 g/mol. The highest BCUT2D eigenvalue weighted by molar-refractivity contribution is 9.09. The molecular weight excluding hydrogens is 278 g/mol. The number of ether oxygens (including phenoxy) is 1. The molecule has 0 N–H and O–H groups in total. The Morgan fingerprint density at radius 2 is 2.18 bits per heavy atom. The van der Waals surface area contributed by atoms with Crippen molar-refractivity contribution in [3.8, 4) is 5.75 Å². The zero-order valence-corrected chi connectivity index (χ0v) is 12.2. The summed E-state index contributed by atoms with van der Waals surface area (Å²) < 4.78 is 5.44. The normalized spacial score (nSPS) is 15.3. The summed E-state index contributed by atoms with van der Waals surface area (Å²) in [6.45, 7) is 4.25. The Morgan fingerprint density at radius 3 is 2.76 bits per heavy atom. The Bertz CT molecular complexity index is 376. The molecule has 0 heterocycles. The van der Waals surface area contributed by atoms with E-state index in [1.807, 2.05) is 0 Å². The molecule has 0 radical (unpaired) electrons. The zero-order valence-electron chi connectivity index (χ0n) is 10.6. The highest BCUT2D eigenvalue weighted by atomic mass is 79.9. The Kier molecular flexibility index (Phi) is 4.46. The van der Waals surface area contributed by atoms with E-state index in [-0.39, 0.29) is 0 Å². The summed E-state index contributed by atoms with van der Waals surface area (Å²) >= 11 is 3.54. The number of alkyl halides is 1. The smallest absolute Gasteiger partial charge is 0.123 e. The van der Waals surface area contributed by atoms with E-state index in [9.17, 15) is 0 Å². The number of halogens is 1. The van der Waals surface area contributed by atoms with Gasteiger partial charge in [0.2, 0.25) is 0 Å². The van der Waals surface area contributed by atoms with Crippen molar-refractivity contribution < 1.29 is 4.74 Å². The van der Waals surface area contributed by atoms with E-state index >= 15 is 0 Å². The lowest BCUT2D eigenvalue weighted by atomic mass is 10.1. The second-order valence-corrected chi connectivity index (χ2v) is 5.50. The predicted molar refractivity (Wildman–Crippen MR) is 75.0 cm³/mol. The fourth-order valence-corrected chi connectivity index (χ4v) is 2.64. The van der Waals surface area contributed by atoms with Gasteiger partial charge in [-0.25, -0.2) is 0 Å². The molecule has 0 unspecified atom stereocenters. The zero-order chi connectivity index (χ0) is 12.3. The first-order valence-corrected chi connectivity index (χ1v) is 7.30. The van der Waals surface area contributed by atoms with E-state index in [1.165, 1.54) is 24.0 Å². The van der Waals surface area contributed by atoms with E-state index < -0.39 is 0 Å². The number of nitrogens with zero attached hydrogens (tertiary/aromatic N) is 1. The van der Waals surface area contributed by atoms with Gasteiger partial charge >= 0.3 is 0 Å². The van der Waals surface area contributed by atoms with Gasteiger partial charge in [0.05, 0.1) is 7.11 Å². The fraction of sp³-hybridized carbons (Fsp3) is 0.571. The first kappa shape index (κ1) is 12.9. The van der Waals surface area contributed by atoms with Gasteiger partial charge in [0.25, 0.3) is 0 Å². The highest BCUT2D eigenvalue weighted by Crippen LogP contribution is 2.30. The maximum absolute atomic E-state index is 5.44. The summed E-state index contributed by atoms with van der Waals surface area (Å²) in [7, 11) is 1.75. The van der Waals surface area contributed by atoms with Crippen LogP contribution in [0.5, 0.6) is 5.75 Å². The molecule has 2 rings (SSSR count). The molecule has 17 heavy (non-hydrogen) atoms. The average Bonchev–Trinajstić information content (AvgIpc) is 3.13. The van der Waals surface area contributed by atoms with Crippen LogP contribution in [0.2, 0.25) is 0 Å². The lowest BCUT2D eigenvalue weighted by molar-refractivity contribution is 0.267. The Hall–Kier alpha value is -0.540. The van der Waals surface area contributed by atoms with Crippen LogP contribution < -0.4 is 4.74 Å². The summed E-state index contributed by atoms with van der Waals surface area (Å²) in [6, 6.07) is 7.21. The van der Waals surface area contributed by atoms with Gasteiger partial charge < -0.3 is 4.74 Å². The molecule has 1 aromatic carbocycles.